The Morgan fingerprint density at radius 1 is 1.33 bits per heavy atom. The zero-order chi connectivity index (χ0) is 13.3. The SMILES string of the molecule is Cc1cc(C)n(CC(=O)Nc2nc(C)nn2C)n1. The number of carbonyl (C=O) groups excluding carboxylic acids is 1. The molecule has 0 radical (unpaired) electrons. The highest BCUT2D eigenvalue weighted by Gasteiger charge is 2.11. The lowest BCUT2D eigenvalue weighted by molar-refractivity contribution is -0.117. The maximum Gasteiger partial charge on any atom is 0.248 e. The van der Waals surface area contributed by atoms with E-state index in [4.69, 9.17) is 0 Å². The van der Waals surface area contributed by atoms with E-state index in [1.54, 1.807) is 18.7 Å². The summed E-state index contributed by atoms with van der Waals surface area (Å²) in [5, 5.41) is 11.0. The molecular formula is C11H16N6O. The molecule has 0 aliphatic carbocycles. The number of anilines is 1. The monoisotopic (exact) mass is 248 g/mol. The molecule has 2 rings (SSSR count). The van der Waals surface area contributed by atoms with Crippen LogP contribution in [0.1, 0.15) is 17.2 Å². The highest BCUT2D eigenvalue weighted by molar-refractivity contribution is 5.88. The summed E-state index contributed by atoms with van der Waals surface area (Å²) < 4.78 is 3.20. The Bertz CT molecular complexity index is 532. The summed E-state index contributed by atoms with van der Waals surface area (Å²) in [4.78, 5) is 16.0. The minimum absolute atomic E-state index is 0.170. The second-order valence-corrected chi connectivity index (χ2v) is 4.24. The Balaban J connectivity index is 2.05. The molecule has 1 N–H and O–H groups in total. The van der Waals surface area contributed by atoms with E-state index < -0.39 is 0 Å². The molecule has 0 bridgehead atoms. The predicted octanol–water partition coefficient (Wildman–Crippen LogP) is 0.576. The summed E-state index contributed by atoms with van der Waals surface area (Å²) in [6.45, 7) is 5.76. The van der Waals surface area contributed by atoms with Gasteiger partial charge in [0.25, 0.3) is 0 Å². The molecule has 2 aromatic heterocycles. The van der Waals surface area contributed by atoms with E-state index >= 15 is 0 Å². The highest BCUT2D eigenvalue weighted by Crippen LogP contribution is 2.04. The van der Waals surface area contributed by atoms with Crippen molar-refractivity contribution in [2.75, 3.05) is 5.32 Å². The van der Waals surface area contributed by atoms with Crippen LogP contribution in [0.25, 0.3) is 0 Å². The number of amides is 1. The van der Waals surface area contributed by atoms with Gasteiger partial charge in [-0.05, 0) is 26.8 Å². The van der Waals surface area contributed by atoms with Gasteiger partial charge in [-0.15, -0.1) is 0 Å². The molecule has 0 aromatic carbocycles. The molecule has 0 atom stereocenters. The molecule has 0 saturated heterocycles. The number of rotatable bonds is 3. The number of aromatic nitrogens is 5. The van der Waals surface area contributed by atoms with Gasteiger partial charge in [-0.25, -0.2) is 4.68 Å². The smallest absolute Gasteiger partial charge is 0.248 e. The molecule has 2 heterocycles. The van der Waals surface area contributed by atoms with Crippen LogP contribution in [0.2, 0.25) is 0 Å². The van der Waals surface area contributed by atoms with Gasteiger partial charge in [0.15, 0.2) is 0 Å². The number of carbonyl (C=O) groups is 1. The van der Waals surface area contributed by atoms with Crippen LogP contribution >= 0.6 is 0 Å². The summed E-state index contributed by atoms with van der Waals surface area (Å²) >= 11 is 0. The molecule has 0 spiro atoms. The summed E-state index contributed by atoms with van der Waals surface area (Å²) in [7, 11) is 1.74. The Hall–Kier alpha value is -2.18. The van der Waals surface area contributed by atoms with Gasteiger partial charge in [-0.1, -0.05) is 0 Å². The lowest BCUT2D eigenvalue weighted by Gasteiger charge is -2.05. The molecule has 18 heavy (non-hydrogen) atoms. The van der Waals surface area contributed by atoms with Crippen LogP contribution in [-0.4, -0.2) is 30.5 Å². The van der Waals surface area contributed by atoms with Crippen molar-refractivity contribution in [3.8, 4) is 0 Å². The maximum atomic E-state index is 11.9. The van der Waals surface area contributed by atoms with Crippen molar-refractivity contribution in [3.05, 3.63) is 23.3 Å². The van der Waals surface area contributed by atoms with E-state index in [2.05, 4.69) is 20.5 Å². The fraction of sp³-hybridized carbons (Fsp3) is 0.455. The first kappa shape index (κ1) is 12.3. The van der Waals surface area contributed by atoms with Crippen molar-refractivity contribution < 1.29 is 4.79 Å². The molecule has 0 aliphatic rings. The summed E-state index contributed by atoms with van der Waals surface area (Å²) in [5.74, 6) is 0.898. The lowest BCUT2D eigenvalue weighted by Crippen LogP contribution is -2.22. The van der Waals surface area contributed by atoms with E-state index in [-0.39, 0.29) is 12.5 Å². The number of nitrogens with zero attached hydrogens (tertiary/aromatic N) is 5. The van der Waals surface area contributed by atoms with E-state index in [9.17, 15) is 4.79 Å². The Labute approximate surface area is 105 Å². The van der Waals surface area contributed by atoms with Crippen molar-refractivity contribution >= 4 is 11.9 Å². The fourth-order valence-corrected chi connectivity index (χ4v) is 1.76. The van der Waals surface area contributed by atoms with Gasteiger partial charge in [0.1, 0.15) is 12.4 Å². The van der Waals surface area contributed by atoms with E-state index in [0.29, 0.717) is 11.8 Å². The third kappa shape index (κ3) is 2.55. The molecule has 0 aliphatic heterocycles. The number of nitrogens with one attached hydrogen (secondary N) is 1. The topological polar surface area (TPSA) is 77.6 Å². The standard InChI is InChI=1S/C11H16N6O/c1-7-5-8(2)17(14-7)6-10(18)13-11-12-9(3)15-16(11)4/h5H,6H2,1-4H3,(H,12,13,15,18). The van der Waals surface area contributed by atoms with E-state index in [1.807, 2.05) is 19.9 Å². The third-order valence-corrected chi connectivity index (χ3v) is 2.52. The van der Waals surface area contributed by atoms with Gasteiger partial charge in [0.05, 0.1) is 5.69 Å². The summed E-state index contributed by atoms with van der Waals surface area (Å²) in [6.07, 6.45) is 0. The Morgan fingerprint density at radius 2 is 2.06 bits per heavy atom. The molecule has 7 heteroatoms. The molecule has 2 aromatic rings. The first-order chi connectivity index (χ1) is 8.45. The predicted molar refractivity (Wildman–Crippen MR) is 66.1 cm³/mol. The van der Waals surface area contributed by atoms with Gasteiger partial charge in [-0.3, -0.25) is 14.8 Å². The van der Waals surface area contributed by atoms with Gasteiger partial charge in [0, 0.05) is 12.7 Å². The van der Waals surface area contributed by atoms with Crippen LogP contribution in [0.4, 0.5) is 5.95 Å². The lowest BCUT2D eigenvalue weighted by atomic mass is 10.4. The minimum atomic E-state index is -0.170. The second kappa shape index (κ2) is 4.59. The zero-order valence-corrected chi connectivity index (χ0v) is 10.9. The Morgan fingerprint density at radius 3 is 2.56 bits per heavy atom. The average molecular weight is 248 g/mol. The summed E-state index contributed by atoms with van der Waals surface area (Å²) in [6, 6.07) is 1.93. The highest BCUT2D eigenvalue weighted by atomic mass is 16.2. The summed E-state index contributed by atoms with van der Waals surface area (Å²) in [5.41, 5.74) is 1.85. The van der Waals surface area contributed by atoms with Gasteiger partial charge < -0.3 is 0 Å². The van der Waals surface area contributed by atoms with Crippen molar-refractivity contribution in [1.82, 2.24) is 24.5 Å². The minimum Gasteiger partial charge on any atom is -0.293 e. The van der Waals surface area contributed by atoms with Gasteiger partial charge in [-0.2, -0.15) is 15.2 Å². The average Bonchev–Trinajstić information content (AvgIpc) is 2.71. The van der Waals surface area contributed by atoms with E-state index in [0.717, 1.165) is 11.4 Å². The fourth-order valence-electron chi connectivity index (χ4n) is 1.76. The van der Waals surface area contributed by atoms with Crippen molar-refractivity contribution in [2.45, 2.75) is 27.3 Å². The van der Waals surface area contributed by atoms with Crippen LogP contribution in [0.5, 0.6) is 0 Å². The Kier molecular flexibility index (Phi) is 3.14. The first-order valence-corrected chi connectivity index (χ1v) is 5.64. The van der Waals surface area contributed by atoms with Crippen LogP contribution in [0.15, 0.2) is 6.07 Å². The molecule has 0 fully saturated rings. The molecule has 0 saturated carbocycles. The normalized spacial score (nSPS) is 10.7. The molecule has 1 amide bonds. The van der Waals surface area contributed by atoms with E-state index in [1.165, 1.54) is 4.68 Å². The van der Waals surface area contributed by atoms with Crippen molar-refractivity contribution in [2.24, 2.45) is 7.05 Å². The van der Waals surface area contributed by atoms with Gasteiger partial charge in [0.2, 0.25) is 11.9 Å². The molecule has 0 unspecified atom stereocenters. The molecule has 7 nitrogen and oxygen atoms in total. The largest absolute Gasteiger partial charge is 0.293 e. The number of aryl methyl sites for hydroxylation is 4. The van der Waals surface area contributed by atoms with Crippen molar-refractivity contribution in [3.63, 3.8) is 0 Å². The number of hydrogen-bond acceptors (Lipinski definition) is 4. The van der Waals surface area contributed by atoms with Crippen LogP contribution in [0.3, 0.4) is 0 Å². The number of hydrogen-bond donors (Lipinski definition) is 1. The third-order valence-electron chi connectivity index (χ3n) is 2.52. The molecular weight excluding hydrogens is 232 g/mol. The van der Waals surface area contributed by atoms with Crippen molar-refractivity contribution in [1.29, 1.82) is 0 Å². The van der Waals surface area contributed by atoms with Crippen LogP contribution in [0, 0.1) is 20.8 Å². The van der Waals surface area contributed by atoms with Crippen LogP contribution in [-0.2, 0) is 18.4 Å². The van der Waals surface area contributed by atoms with Gasteiger partial charge >= 0.3 is 0 Å². The maximum absolute atomic E-state index is 11.9. The second-order valence-electron chi connectivity index (χ2n) is 4.24. The van der Waals surface area contributed by atoms with Crippen LogP contribution < -0.4 is 5.32 Å². The quantitative estimate of drug-likeness (QED) is 0.861. The zero-order valence-electron chi connectivity index (χ0n) is 10.9. The first-order valence-electron chi connectivity index (χ1n) is 5.64. The molecule has 96 valence electrons.